The number of carbonyl (C=O) groups is 4. The molecule has 1 saturated carbocycles. The summed E-state index contributed by atoms with van der Waals surface area (Å²) in [6.45, 7) is 2.09. The van der Waals surface area contributed by atoms with Gasteiger partial charge in [-0.05, 0) is 44.4 Å². The van der Waals surface area contributed by atoms with E-state index in [1.807, 2.05) is 0 Å². The van der Waals surface area contributed by atoms with Crippen molar-refractivity contribution in [3.8, 4) is 0 Å². The predicted octanol–water partition coefficient (Wildman–Crippen LogP) is 0.121. The first kappa shape index (κ1) is 32.9. The number of ketones is 1. The van der Waals surface area contributed by atoms with Crippen molar-refractivity contribution >= 4 is 33.5 Å². The van der Waals surface area contributed by atoms with Gasteiger partial charge in [-0.3, -0.25) is 23.9 Å². The third kappa shape index (κ3) is 8.49. The van der Waals surface area contributed by atoms with Gasteiger partial charge in [0.1, 0.15) is 18.2 Å². The summed E-state index contributed by atoms with van der Waals surface area (Å²) >= 11 is 0. The quantitative estimate of drug-likeness (QED) is 0.213. The number of ether oxygens (including phenoxy) is 1. The molecule has 0 aromatic carbocycles. The number of nitrogens with zero attached hydrogens (tertiary/aromatic N) is 1. The number of sulfonamides is 1. The number of rotatable bonds is 13. The summed E-state index contributed by atoms with van der Waals surface area (Å²) in [6, 6.07) is -1.50. The standard InChI is InChI=1S/C25H37F3N4O8S/c1-22(9-11-29-20(22)36)12-16(18(34)13-40-25(26,27)28)31-21(37)23(2)14-24(7-8-24)15-32(23)19(35)17(33)6-4-5-10-30-41(3,38)39/h4-5,16-17,30,33H,6-15H2,1-3H3,(H,29,36)(H,31,37)/b5-4+/t16-,17+,22?,23?/m0/s1. The largest absolute Gasteiger partial charge is 0.522 e. The van der Waals surface area contributed by atoms with Gasteiger partial charge in [-0.1, -0.05) is 19.1 Å². The smallest absolute Gasteiger partial charge is 0.383 e. The Bertz CT molecular complexity index is 1190. The second-order valence-electron chi connectivity index (χ2n) is 11.7. The van der Waals surface area contributed by atoms with E-state index in [0.29, 0.717) is 13.0 Å². The van der Waals surface area contributed by atoms with E-state index in [9.17, 15) is 45.9 Å². The van der Waals surface area contributed by atoms with Crippen LogP contribution >= 0.6 is 0 Å². The van der Waals surface area contributed by atoms with Gasteiger partial charge in [-0.2, -0.15) is 0 Å². The van der Waals surface area contributed by atoms with Crippen LogP contribution in [0.15, 0.2) is 12.2 Å². The molecule has 16 heteroatoms. The number of amides is 3. The number of hydrogen-bond acceptors (Lipinski definition) is 8. The van der Waals surface area contributed by atoms with E-state index in [2.05, 4.69) is 20.1 Å². The van der Waals surface area contributed by atoms with Crippen LogP contribution in [-0.2, 0) is 33.9 Å². The Labute approximate surface area is 236 Å². The number of aliphatic hydroxyl groups excluding tert-OH is 1. The first-order valence-corrected chi connectivity index (χ1v) is 15.1. The fourth-order valence-corrected chi connectivity index (χ4v) is 5.85. The van der Waals surface area contributed by atoms with E-state index in [1.165, 1.54) is 24.0 Å². The normalized spacial score (nSPS) is 27.2. The van der Waals surface area contributed by atoms with Crippen molar-refractivity contribution in [3.05, 3.63) is 12.2 Å². The molecule has 0 radical (unpaired) electrons. The number of Topliss-reactive ketones (excluding diaryl/α,β-unsaturated/α-hetero) is 1. The molecular formula is C25H37F3N4O8S. The van der Waals surface area contributed by atoms with E-state index >= 15 is 0 Å². The number of aliphatic hydroxyl groups is 1. The van der Waals surface area contributed by atoms with Gasteiger partial charge >= 0.3 is 6.36 Å². The van der Waals surface area contributed by atoms with E-state index in [1.54, 1.807) is 6.92 Å². The Hall–Kier alpha value is -2.56. The van der Waals surface area contributed by atoms with Crippen molar-refractivity contribution < 1.29 is 50.6 Å². The van der Waals surface area contributed by atoms with Gasteiger partial charge in [0.05, 0.1) is 17.7 Å². The van der Waals surface area contributed by atoms with Crippen molar-refractivity contribution in [2.75, 3.05) is 32.5 Å². The molecule has 2 unspecified atom stereocenters. The highest BCUT2D eigenvalue weighted by Gasteiger charge is 2.62. The van der Waals surface area contributed by atoms with Gasteiger partial charge in [-0.15, -0.1) is 13.2 Å². The fourth-order valence-electron chi connectivity index (χ4n) is 5.45. The van der Waals surface area contributed by atoms with Crippen LogP contribution in [0.4, 0.5) is 13.2 Å². The maximum Gasteiger partial charge on any atom is 0.522 e. The minimum absolute atomic E-state index is 0.0445. The molecule has 2 saturated heterocycles. The van der Waals surface area contributed by atoms with Crippen molar-refractivity contribution in [3.63, 3.8) is 0 Å². The minimum atomic E-state index is -5.08. The molecule has 3 amide bonds. The lowest BCUT2D eigenvalue weighted by Crippen LogP contribution is -2.60. The predicted molar refractivity (Wildman–Crippen MR) is 138 cm³/mol. The fraction of sp³-hybridized carbons (Fsp3) is 0.760. The average Bonchev–Trinajstić information content (AvgIpc) is 3.42. The van der Waals surface area contributed by atoms with Gasteiger partial charge in [0, 0.05) is 26.1 Å². The molecule has 4 N–H and O–H groups in total. The Morgan fingerprint density at radius 1 is 1.20 bits per heavy atom. The van der Waals surface area contributed by atoms with Crippen molar-refractivity contribution in [2.45, 2.75) is 76.4 Å². The number of hydrogen-bond donors (Lipinski definition) is 4. The van der Waals surface area contributed by atoms with Crippen LogP contribution in [0.1, 0.15) is 52.4 Å². The van der Waals surface area contributed by atoms with Crippen molar-refractivity contribution in [1.29, 1.82) is 0 Å². The average molecular weight is 611 g/mol. The van der Waals surface area contributed by atoms with Crippen molar-refractivity contribution in [2.24, 2.45) is 10.8 Å². The molecule has 41 heavy (non-hydrogen) atoms. The first-order chi connectivity index (χ1) is 18.8. The molecule has 1 aliphatic carbocycles. The molecule has 232 valence electrons. The van der Waals surface area contributed by atoms with Gasteiger partial charge in [0.15, 0.2) is 5.78 Å². The summed E-state index contributed by atoms with van der Waals surface area (Å²) in [6.07, 6.45) is -1.25. The number of carbonyl (C=O) groups excluding carboxylic acids is 4. The van der Waals surface area contributed by atoms with Crippen molar-refractivity contribution in [1.82, 2.24) is 20.3 Å². The third-order valence-corrected chi connectivity index (χ3v) is 8.72. The number of alkyl halides is 3. The van der Waals surface area contributed by atoms with Crippen LogP contribution in [0.25, 0.3) is 0 Å². The Morgan fingerprint density at radius 2 is 1.85 bits per heavy atom. The zero-order valence-corrected chi connectivity index (χ0v) is 24.0. The Morgan fingerprint density at radius 3 is 2.39 bits per heavy atom. The maximum absolute atomic E-state index is 13.7. The highest BCUT2D eigenvalue weighted by molar-refractivity contribution is 7.88. The molecule has 3 rings (SSSR count). The molecule has 1 spiro atoms. The third-order valence-electron chi connectivity index (χ3n) is 8.03. The molecule has 2 aliphatic heterocycles. The topological polar surface area (TPSA) is 171 Å². The van der Waals surface area contributed by atoms with Crippen LogP contribution in [0.3, 0.4) is 0 Å². The summed E-state index contributed by atoms with van der Waals surface area (Å²) in [5.41, 5.74) is -3.00. The molecular weight excluding hydrogens is 573 g/mol. The molecule has 4 atom stereocenters. The first-order valence-electron chi connectivity index (χ1n) is 13.2. The summed E-state index contributed by atoms with van der Waals surface area (Å²) in [5.74, 6) is -3.02. The summed E-state index contributed by atoms with van der Waals surface area (Å²) < 4.78 is 66.2. The number of likely N-dealkylation sites (tertiary alicyclic amines) is 1. The Kier molecular flexibility index (Phi) is 9.62. The van der Waals surface area contributed by atoms with Gasteiger partial charge in [0.2, 0.25) is 21.8 Å². The second kappa shape index (κ2) is 12.0. The number of halogens is 3. The van der Waals surface area contributed by atoms with Gasteiger partial charge < -0.3 is 20.6 Å². The Balaban J connectivity index is 1.76. The van der Waals surface area contributed by atoms with E-state index in [0.717, 1.165) is 19.1 Å². The van der Waals surface area contributed by atoms with Crippen LogP contribution in [0, 0.1) is 10.8 Å². The van der Waals surface area contributed by atoms with Gasteiger partial charge in [0.25, 0.3) is 5.91 Å². The molecule has 0 aromatic heterocycles. The molecule has 3 fully saturated rings. The molecule has 0 aromatic rings. The SMILES string of the molecule is CC1(C[C@H](NC(=O)C2(C)CC3(CC3)CN2C(=O)[C@H](O)C/C=C/CNS(C)(=O)=O)C(=O)COC(F)(F)F)CCNC1=O. The summed E-state index contributed by atoms with van der Waals surface area (Å²) in [4.78, 5) is 53.5. The minimum Gasteiger partial charge on any atom is -0.383 e. The molecule has 3 aliphatic rings. The highest BCUT2D eigenvalue weighted by Crippen LogP contribution is 2.58. The lowest BCUT2D eigenvalue weighted by atomic mass is 9.80. The van der Waals surface area contributed by atoms with Gasteiger partial charge in [-0.25, -0.2) is 13.1 Å². The van der Waals surface area contributed by atoms with Crippen LogP contribution < -0.4 is 15.4 Å². The van der Waals surface area contributed by atoms with E-state index < -0.39 is 69.6 Å². The van der Waals surface area contributed by atoms with E-state index in [4.69, 9.17) is 0 Å². The monoisotopic (exact) mass is 610 g/mol. The molecule has 2 heterocycles. The molecule has 12 nitrogen and oxygen atoms in total. The maximum atomic E-state index is 13.7. The second-order valence-corrected chi connectivity index (χ2v) is 13.5. The lowest BCUT2D eigenvalue weighted by molar-refractivity contribution is -0.321. The molecule has 0 bridgehead atoms. The van der Waals surface area contributed by atoms with Crippen LogP contribution in [0.2, 0.25) is 0 Å². The summed E-state index contributed by atoms with van der Waals surface area (Å²) in [7, 11) is -3.42. The van der Waals surface area contributed by atoms with Crippen LogP contribution in [0.5, 0.6) is 0 Å². The summed E-state index contributed by atoms with van der Waals surface area (Å²) in [5, 5.41) is 15.7. The zero-order valence-electron chi connectivity index (χ0n) is 23.2. The lowest BCUT2D eigenvalue weighted by Gasteiger charge is -2.37. The zero-order chi connectivity index (χ0) is 30.9. The number of nitrogens with one attached hydrogen (secondary N) is 3. The highest BCUT2D eigenvalue weighted by atomic mass is 32.2. The van der Waals surface area contributed by atoms with Crippen LogP contribution in [-0.4, -0.2) is 98.5 Å². The van der Waals surface area contributed by atoms with E-state index in [-0.39, 0.29) is 37.8 Å².